The molecular weight excluding hydrogens is 341 g/mol. The molecule has 1 fully saturated rings. The number of piperidine rings is 1. The van der Waals surface area contributed by atoms with Crippen molar-refractivity contribution in [3.8, 4) is 0 Å². The van der Waals surface area contributed by atoms with E-state index in [1.54, 1.807) is 0 Å². The molecule has 1 saturated heterocycles. The van der Waals surface area contributed by atoms with E-state index in [1.165, 1.54) is 17.7 Å². The quantitative estimate of drug-likeness (QED) is 0.857. The predicted octanol–water partition coefficient (Wildman–Crippen LogP) is 4.35. The van der Waals surface area contributed by atoms with Crippen molar-refractivity contribution in [3.63, 3.8) is 0 Å². The van der Waals surface area contributed by atoms with E-state index >= 15 is 0 Å². The lowest BCUT2D eigenvalue weighted by molar-refractivity contribution is 0.240. The summed E-state index contributed by atoms with van der Waals surface area (Å²) in [5, 5.41) is 3.24. The zero-order valence-corrected chi connectivity index (χ0v) is 15.5. The van der Waals surface area contributed by atoms with Crippen molar-refractivity contribution in [1.82, 2.24) is 5.32 Å². The first-order valence-electron chi connectivity index (χ1n) is 9.87. The van der Waals surface area contributed by atoms with Gasteiger partial charge in [0.05, 0.1) is 0 Å². The van der Waals surface area contributed by atoms with E-state index in [0.717, 1.165) is 63.1 Å². The number of anilines is 2. The fourth-order valence-corrected chi connectivity index (χ4v) is 4.09. The minimum absolute atomic E-state index is 0.0181. The molecule has 0 atom stereocenters. The summed E-state index contributed by atoms with van der Waals surface area (Å²) in [6.45, 7) is 2.51. The van der Waals surface area contributed by atoms with Gasteiger partial charge in [0, 0.05) is 37.1 Å². The summed E-state index contributed by atoms with van der Waals surface area (Å²) in [6, 6.07) is 15.1. The van der Waals surface area contributed by atoms with Crippen molar-refractivity contribution in [2.45, 2.75) is 38.1 Å². The van der Waals surface area contributed by atoms with Gasteiger partial charge in [-0.2, -0.15) is 0 Å². The molecule has 5 heteroatoms. The van der Waals surface area contributed by atoms with Crippen LogP contribution in [-0.4, -0.2) is 31.7 Å². The van der Waals surface area contributed by atoms with Crippen molar-refractivity contribution >= 4 is 17.4 Å². The third-order valence-electron chi connectivity index (χ3n) is 5.62. The molecule has 0 aliphatic carbocycles. The Labute approximate surface area is 160 Å². The highest BCUT2D eigenvalue weighted by molar-refractivity contribution is 5.93. The van der Waals surface area contributed by atoms with Crippen molar-refractivity contribution in [1.29, 1.82) is 0 Å². The van der Waals surface area contributed by atoms with Crippen LogP contribution in [0.1, 0.15) is 31.2 Å². The number of halogens is 1. The Hall–Kier alpha value is -2.56. The first-order chi connectivity index (χ1) is 13.2. The molecule has 0 bridgehead atoms. The first kappa shape index (κ1) is 17.8. The largest absolute Gasteiger partial charge is 0.371 e. The van der Waals surface area contributed by atoms with Crippen molar-refractivity contribution in [2.24, 2.45) is 0 Å². The van der Waals surface area contributed by atoms with Crippen LogP contribution in [0.15, 0.2) is 48.5 Å². The molecule has 27 heavy (non-hydrogen) atoms. The monoisotopic (exact) mass is 367 g/mol. The Balaban J connectivity index is 1.36. The lowest BCUT2D eigenvalue weighted by Crippen LogP contribution is -2.49. The molecule has 142 valence electrons. The number of nitrogens with one attached hydrogen (secondary N) is 1. The van der Waals surface area contributed by atoms with Crippen LogP contribution in [0.25, 0.3) is 0 Å². The molecule has 0 unspecified atom stereocenters. The Kier molecular flexibility index (Phi) is 5.28. The van der Waals surface area contributed by atoms with Gasteiger partial charge >= 0.3 is 6.03 Å². The summed E-state index contributed by atoms with van der Waals surface area (Å²) in [4.78, 5) is 17.1. The highest BCUT2D eigenvalue weighted by Gasteiger charge is 2.25. The molecule has 2 aromatic carbocycles. The maximum absolute atomic E-state index is 13.1. The van der Waals surface area contributed by atoms with Gasteiger partial charge in [0.25, 0.3) is 0 Å². The number of benzene rings is 2. The van der Waals surface area contributed by atoms with Crippen LogP contribution in [0.5, 0.6) is 0 Å². The molecule has 1 N–H and O–H groups in total. The molecule has 4 rings (SSSR count). The number of para-hydroxylation sites is 1. The summed E-state index contributed by atoms with van der Waals surface area (Å²) in [6.07, 6.45) is 5.00. The standard InChI is InChI=1S/C22H26FN3O/c23-18-8-10-20(11-9-18)25-15-12-19(13-16-25)24-22(27)26-14-4-3-6-17-5-1-2-7-21(17)26/h1-2,5,7-11,19H,3-4,6,12-16H2,(H,24,27). The number of aryl methyl sites for hydroxylation is 1. The Morgan fingerprint density at radius 2 is 1.70 bits per heavy atom. The van der Waals surface area contributed by atoms with Gasteiger partial charge in [0.2, 0.25) is 0 Å². The zero-order valence-electron chi connectivity index (χ0n) is 15.5. The summed E-state index contributed by atoms with van der Waals surface area (Å²) in [7, 11) is 0. The predicted molar refractivity (Wildman–Crippen MR) is 107 cm³/mol. The maximum Gasteiger partial charge on any atom is 0.322 e. The fraction of sp³-hybridized carbons (Fsp3) is 0.409. The van der Waals surface area contributed by atoms with Gasteiger partial charge in [0.15, 0.2) is 0 Å². The van der Waals surface area contributed by atoms with E-state index in [0.29, 0.717) is 0 Å². The van der Waals surface area contributed by atoms with Crippen LogP contribution in [0.3, 0.4) is 0 Å². The highest BCUT2D eigenvalue weighted by atomic mass is 19.1. The SMILES string of the molecule is O=C(NC1CCN(c2ccc(F)cc2)CC1)N1CCCCc2ccccc21. The van der Waals surface area contributed by atoms with Crippen LogP contribution in [-0.2, 0) is 6.42 Å². The Bertz CT molecular complexity index is 784. The first-order valence-corrected chi connectivity index (χ1v) is 9.87. The molecule has 2 amide bonds. The maximum atomic E-state index is 13.1. The van der Waals surface area contributed by atoms with Gasteiger partial charge in [-0.25, -0.2) is 9.18 Å². The molecule has 0 aromatic heterocycles. The van der Waals surface area contributed by atoms with Crippen LogP contribution in [0.4, 0.5) is 20.6 Å². The van der Waals surface area contributed by atoms with E-state index < -0.39 is 0 Å². The number of hydrogen-bond acceptors (Lipinski definition) is 2. The lowest BCUT2D eigenvalue weighted by atomic mass is 10.0. The second-order valence-corrected chi connectivity index (χ2v) is 7.42. The van der Waals surface area contributed by atoms with Gasteiger partial charge in [-0.05, 0) is 68.0 Å². The number of fused-ring (bicyclic) bond motifs is 1. The number of carbonyl (C=O) groups is 1. The summed E-state index contributed by atoms with van der Waals surface area (Å²) in [5.74, 6) is -0.210. The smallest absolute Gasteiger partial charge is 0.322 e. The average molecular weight is 367 g/mol. The second-order valence-electron chi connectivity index (χ2n) is 7.42. The number of carbonyl (C=O) groups excluding carboxylic acids is 1. The lowest BCUT2D eigenvalue weighted by Gasteiger charge is -2.35. The minimum Gasteiger partial charge on any atom is -0.371 e. The van der Waals surface area contributed by atoms with Crippen LogP contribution in [0.2, 0.25) is 0 Å². The van der Waals surface area contributed by atoms with E-state index in [1.807, 2.05) is 29.2 Å². The molecule has 4 nitrogen and oxygen atoms in total. The number of nitrogens with zero attached hydrogens (tertiary/aromatic N) is 2. The normalized spacial score (nSPS) is 18.0. The minimum atomic E-state index is -0.210. The van der Waals surface area contributed by atoms with Crippen LogP contribution in [0, 0.1) is 5.82 Å². The van der Waals surface area contributed by atoms with Gasteiger partial charge in [-0.15, -0.1) is 0 Å². The Morgan fingerprint density at radius 1 is 0.963 bits per heavy atom. The van der Waals surface area contributed by atoms with Gasteiger partial charge in [0.1, 0.15) is 5.82 Å². The topological polar surface area (TPSA) is 35.6 Å². The summed E-state index contributed by atoms with van der Waals surface area (Å²) < 4.78 is 13.1. The molecule has 2 heterocycles. The van der Waals surface area contributed by atoms with Crippen molar-refractivity contribution in [3.05, 3.63) is 59.9 Å². The number of hydrogen-bond donors (Lipinski definition) is 1. The highest BCUT2D eigenvalue weighted by Crippen LogP contribution is 2.26. The Morgan fingerprint density at radius 3 is 2.48 bits per heavy atom. The number of rotatable bonds is 2. The van der Waals surface area contributed by atoms with Crippen LogP contribution < -0.4 is 15.1 Å². The van der Waals surface area contributed by atoms with E-state index in [-0.39, 0.29) is 17.9 Å². The molecule has 2 aromatic rings. The molecular formula is C22H26FN3O. The third kappa shape index (κ3) is 4.07. The second kappa shape index (κ2) is 7.99. The van der Waals surface area contributed by atoms with E-state index in [4.69, 9.17) is 0 Å². The van der Waals surface area contributed by atoms with Gasteiger partial charge in [-0.3, -0.25) is 4.90 Å². The molecule has 0 spiro atoms. The van der Waals surface area contributed by atoms with Crippen molar-refractivity contribution in [2.75, 3.05) is 29.4 Å². The molecule has 0 radical (unpaired) electrons. The molecule has 2 aliphatic heterocycles. The number of amides is 2. The van der Waals surface area contributed by atoms with E-state index in [9.17, 15) is 9.18 Å². The average Bonchev–Trinajstić information content (AvgIpc) is 2.92. The van der Waals surface area contributed by atoms with Gasteiger partial charge in [-0.1, -0.05) is 18.2 Å². The molecule has 0 saturated carbocycles. The molecule has 2 aliphatic rings. The van der Waals surface area contributed by atoms with Crippen molar-refractivity contribution < 1.29 is 9.18 Å². The summed E-state index contributed by atoms with van der Waals surface area (Å²) in [5.41, 5.74) is 3.36. The van der Waals surface area contributed by atoms with Gasteiger partial charge < -0.3 is 10.2 Å². The zero-order chi connectivity index (χ0) is 18.6. The third-order valence-corrected chi connectivity index (χ3v) is 5.62. The van der Waals surface area contributed by atoms with E-state index in [2.05, 4.69) is 22.3 Å². The fourth-order valence-electron chi connectivity index (χ4n) is 4.09. The van der Waals surface area contributed by atoms with Crippen LogP contribution >= 0.6 is 0 Å². The summed E-state index contributed by atoms with van der Waals surface area (Å²) >= 11 is 0. The number of urea groups is 1.